The number of benzene rings is 1. The van der Waals surface area contributed by atoms with Crippen LogP contribution in [0.15, 0.2) is 34.9 Å². The summed E-state index contributed by atoms with van der Waals surface area (Å²) in [6.07, 6.45) is 0.984. The highest BCUT2D eigenvalue weighted by atomic mass is 16.5. The maximum absolute atomic E-state index is 13.5. The Labute approximate surface area is 159 Å². The molecule has 0 unspecified atom stereocenters. The molecule has 1 atom stereocenters. The first kappa shape index (κ1) is 18.0. The van der Waals surface area contributed by atoms with E-state index >= 15 is 0 Å². The number of carbonyl (C=O) groups is 1. The standard InChI is InChI=1S/C20H26N4O3/c1-22(2)16-8-9-24(14-16)20(25)17-18(15-6-4-3-5-7-15)27-21-19(17)23-10-12-26-13-11-23/h3-7,16H,8-14H2,1-2H3/t16-/m0/s1. The minimum absolute atomic E-state index is 0.000875. The lowest BCUT2D eigenvalue weighted by Gasteiger charge is -2.27. The predicted molar refractivity (Wildman–Crippen MR) is 103 cm³/mol. The topological polar surface area (TPSA) is 62.0 Å². The van der Waals surface area contributed by atoms with Crippen LogP contribution in [-0.2, 0) is 4.74 Å². The molecular weight excluding hydrogens is 344 g/mol. The highest BCUT2D eigenvalue weighted by molar-refractivity contribution is 6.04. The molecule has 7 heteroatoms. The van der Waals surface area contributed by atoms with Gasteiger partial charge in [0.15, 0.2) is 11.6 Å². The van der Waals surface area contributed by atoms with Crippen LogP contribution in [0, 0.1) is 0 Å². The Morgan fingerprint density at radius 1 is 1.15 bits per heavy atom. The molecule has 144 valence electrons. The van der Waals surface area contributed by atoms with E-state index < -0.39 is 0 Å². The SMILES string of the molecule is CN(C)[C@H]1CCN(C(=O)c2c(N3CCOCC3)noc2-c2ccccc2)C1. The zero-order valence-electron chi connectivity index (χ0n) is 15.9. The van der Waals surface area contributed by atoms with E-state index in [4.69, 9.17) is 9.26 Å². The van der Waals surface area contributed by atoms with Crippen molar-refractivity contribution in [3.05, 3.63) is 35.9 Å². The average Bonchev–Trinajstić information content (AvgIpc) is 3.36. The summed E-state index contributed by atoms with van der Waals surface area (Å²) < 4.78 is 11.2. The van der Waals surface area contributed by atoms with Crippen LogP contribution in [0.25, 0.3) is 11.3 Å². The summed E-state index contributed by atoms with van der Waals surface area (Å²) in [5.74, 6) is 1.19. The van der Waals surface area contributed by atoms with Crippen LogP contribution in [0.3, 0.4) is 0 Å². The second kappa shape index (κ2) is 7.70. The Hall–Kier alpha value is -2.38. The summed E-state index contributed by atoms with van der Waals surface area (Å²) in [6, 6.07) is 10.1. The first-order valence-corrected chi connectivity index (χ1v) is 9.48. The maximum atomic E-state index is 13.5. The molecule has 1 aromatic carbocycles. The Balaban J connectivity index is 1.70. The first-order chi connectivity index (χ1) is 13.1. The number of amides is 1. The largest absolute Gasteiger partial charge is 0.378 e. The molecule has 0 N–H and O–H groups in total. The van der Waals surface area contributed by atoms with Crippen molar-refractivity contribution in [1.82, 2.24) is 15.0 Å². The molecule has 0 spiro atoms. The summed E-state index contributed by atoms with van der Waals surface area (Å²) in [6.45, 7) is 4.17. The third kappa shape index (κ3) is 3.57. The quantitative estimate of drug-likeness (QED) is 0.820. The molecule has 3 heterocycles. The lowest BCUT2D eigenvalue weighted by Crippen LogP contribution is -2.39. The van der Waals surface area contributed by atoms with Gasteiger partial charge in [-0.05, 0) is 20.5 Å². The highest BCUT2D eigenvalue weighted by Gasteiger charge is 2.35. The molecule has 2 aromatic rings. The van der Waals surface area contributed by atoms with Crippen molar-refractivity contribution in [3.63, 3.8) is 0 Å². The number of ether oxygens (including phenoxy) is 1. The number of likely N-dealkylation sites (N-methyl/N-ethyl adjacent to an activating group) is 1. The zero-order valence-corrected chi connectivity index (χ0v) is 15.9. The molecular formula is C20H26N4O3. The van der Waals surface area contributed by atoms with Crippen molar-refractivity contribution < 1.29 is 14.1 Å². The van der Waals surface area contributed by atoms with Crippen molar-refractivity contribution in [3.8, 4) is 11.3 Å². The van der Waals surface area contributed by atoms with Gasteiger partial charge >= 0.3 is 0 Å². The van der Waals surface area contributed by atoms with E-state index in [1.165, 1.54) is 0 Å². The van der Waals surface area contributed by atoms with Crippen molar-refractivity contribution in [2.24, 2.45) is 0 Å². The van der Waals surface area contributed by atoms with Gasteiger partial charge in [-0.2, -0.15) is 0 Å². The van der Waals surface area contributed by atoms with E-state index in [0.717, 1.165) is 25.1 Å². The third-order valence-corrected chi connectivity index (χ3v) is 5.42. The Morgan fingerprint density at radius 3 is 2.56 bits per heavy atom. The van der Waals surface area contributed by atoms with Crippen LogP contribution in [0.2, 0.25) is 0 Å². The number of anilines is 1. The molecule has 4 rings (SSSR count). The smallest absolute Gasteiger partial charge is 0.261 e. The fourth-order valence-corrected chi connectivity index (χ4v) is 3.76. The molecule has 2 aliphatic rings. The lowest BCUT2D eigenvalue weighted by molar-refractivity contribution is 0.0782. The van der Waals surface area contributed by atoms with Crippen LogP contribution >= 0.6 is 0 Å². The van der Waals surface area contributed by atoms with Crippen LogP contribution in [0.5, 0.6) is 0 Å². The van der Waals surface area contributed by atoms with Gasteiger partial charge in [-0.3, -0.25) is 4.79 Å². The number of nitrogens with zero attached hydrogens (tertiary/aromatic N) is 4. The summed E-state index contributed by atoms with van der Waals surface area (Å²) in [4.78, 5) is 19.7. The van der Waals surface area contributed by atoms with E-state index in [-0.39, 0.29) is 5.91 Å². The number of rotatable bonds is 4. The van der Waals surface area contributed by atoms with E-state index in [0.29, 0.717) is 49.5 Å². The van der Waals surface area contributed by atoms with Gasteiger partial charge in [0.1, 0.15) is 5.56 Å². The maximum Gasteiger partial charge on any atom is 0.261 e. The van der Waals surface area contributed by atoms with Crippen LogP contribution in [0.4, 0.5) is 5.82 Å². The van der Waals surface area contributed by atoms with Gasteiger partial charge < -0.3 is 24.0 Å². The van der Waals surface area contributed by atoms with E-state index in [1.54, 1.807) is 0 Å². The number of hydrogen-bond donors (Lipinski definition) is 0. The Morgan fingerprint density at radius 2 is 1.89 bits per heavy atom. The second-order valence-corrected chi connectivity index (χ2v) is 7.33. The number of likely N-dealkylation sites (tertiary alicyclic amines) is 1. The molecule has 2 fully saturated rings. The molecule has 2 aliphatic heterocycles. The van der Waals surface area contributed by atoms with Gasteiger partial charge in [-0.1, -0.05) is 35.5 Å². The number of aromatic nitrogens is 1. The normalized spacial score (nSPS) is 20.5. The minimum Gasteiger partial charge on any atom is -0.378 e. The molecule has 27 heavy (non-hydrogen) atoms. The minimum atomic E-state index is 0.000875. The van der Waals surface area contributed by atoms with Crippen molar-refractivity contribution in [1.29, 1.82) is 0 Å². The van der Waals surface area contributed by atoms with Crippen molar-refractivity contribution >= 4 is 11.7 Å². The summed E-state index contributed by atoms with van der Waals surface area (Å²) >= 11 is 0. The summed E-state index contributed by atoms with van der Waals surface area (Å²) in [5.41, 5.74) is 1.44. The molecule has 0 aliphatic carbocycles. The Bertz CT molecular complexity index is 784. The van der Waals surface area contributed by atoms with Crippen molar-refractivity contribution in [2.75, 3.05) is 58.4 Å². The molecule has 7 nitrogen and oxygen atoms in total. The van der Waals surface area contributed by atoms with Gasteiger partial charge in [0.25, 0.3) is 5.91 Å². The van der Waals surface area contributed by atoms with Crippen LogP contribution < -0.4 is 4.90 Å². The van der Waals surface area contributed by atoms with E-state index in [2.05, 4.69) is 29.1 Å². The molecule has 1 aromatic heterocycles. The molecule has 0 saturated carbocycles. The fourth-order valence-electron chi connectivity index (χ4n) is 3.76. The van der Waals surface area contributed by atoms with Crippen molar-refractivity contribution in [2.45, 2.75) is 12.5 Å². The summed E-state index contributed by atoms with van der Waals surface area (Å²) in [7, 11) is 4.12. The fraction of sp³-hybridized carbons (Fsp3) is 0.500. The average molecular weight is 370 g/mol. The zero-order chi connectivity index (χ0) is 18.8. The lowest BCUT2D eigenvalue weighted by atomic mass is 10.1. The number of morpholine rings is 1. The van der Waals surface area contributed by atoms with Crippen LogP contribution in [-0.4, -0.2) is 80.4 Å². The highest BCUT2D eigenvalue weighted by Crippen LogP contribution is 2.33. The van der Waals surface area contributed by atoms with E-state index in [9.17, 15) is 4.79 Å². The molecule has 2 saturated heterocycles. The van der Waals surface area contributed by atoms with Gasteiger partial charge in [0.05, 0.1) is 13.2 Å². The molecule has 0 bridgehead atoms. The third-order valence-electron chi connectivity index (χ3n) is 5.42. The van der Waals surface area contributed by atoms with E-state index in [1.807, 2.05) is 35.2 Å². The number of hydrogen-bond acceptors (Lipinski definition) is 6. The van der Waals surface area contributed by atoms with Gasteiger partial charge in [0, 0.05) is 37.8 Å². The summed E-state index contributed by atoms with van der Waals surface area (Å²) in [5, 5.41) is 4.30. The van der Waals surface area contributed by atoms with Gasteiger partial charge in [-0.25, -0.2) is 0 Å². The second-order valence-electron chi connectivity index (χ2n) is 7.33. The van der Waals surface area contributed by atoms with Crippen LogP contribution in [0.1, 0.15) is 16.8 Å². The number of carbonyl (C=O) groups excluding carboxylic acids is 1. The van der Waals surface area contributed by atoms with Gasteiger partial charge in [0.2, 0.25) is 0 Å². The van der Waals surface area contributed by atoms with Gasteiger partial charge in [-0.15, -0.1) is 0 Å². The predicted octanol–water partition coefficient (Wildman–Crippen LogP) is 1.95. The first-order valence-electron chi connectivity index (χ1n) is 9.48. The molecule has 0 radical (unpaired) electrons. The monoisotopic (exact) mass is 370 g/mol. The Kier molecular flexibility index (Phi) is 5.13. The molecule has 1 amide bonds.